The van der Waals surface area contributed by atoms with Gasteiger partial charge in [0, 0.05) is 18.7 Å². The fraction of sp³-hybridized carbons (Fsp3) is 0.500. The first-order valence-electron chi connectivity index (χ1n) is 17.7. The first-order valence-corrected chi connectivity index (χ1v) is 17.7. The highest BCUT2D eigenvalue weighted by molar-refractivity contribution is 6.05. The molecule has 7 atom stereocenters. The molecule has 0 radical (unpaired) electrons. The van der Waals surface area contributed by atoms with Gasteiger partial charge in [-0.25, -0.2) is 0 Å². The van der Waals surface area contributed by atoms with Crippen LogP contribution in [0.1, 0.15) is 68.7 Å². The monoisotopic (exact) mass is 685 g/mol. The highest BCUT2D eigenvalue weighted by Crippen LogP contribution is 2.59. The highest BCUT2D eigenvalue weighted by atomic mass is 16.6. The third kappa shape index (κ3) is 7.14. The van der Waals surface area contributed by atoms with Crippen molar-refractivity contribution in [3.63, 3.8) is 0 Å². The van der Waals surface area contributed by atoms with Gasteiger partial charge in [-0.15, -0.1) is 13.2 Å². The summed E-state index contributed by atoms with van der Waals surface area (Å²) in [7, 11) is 0. The Kier molecular flexibility index (Phi) is 11.6. The van der Waals surface area contributed by atoms with Gasteiger partial charge in [0.25, 0.3) is 5.91 Å². The molecule has 2 aromatic carbocycles. The number of aliphatic hydroxyl groups is 1. The molecule has 10 nitrogen and oxygen atoms in total. The van der Waals surface area contributed by atoms with Crippen molar-refractivity contribution in [2.45, 2.75) is 89.7 Å². The lowest BCUT2D eigenvalue weighted by atomic mass is 9.70. The van der Waals surface area contributed by atoms with Crippen molar-refractivity contribution in [2.75, 3.05) is 24.6 Å². The summed E-state index contributed by atoms with van der Waals surface area (Å²) in [5.74, 6) is -3.36. The summed E-state index contributed by atoms with van der Waals surface area (Å²) in [5.41, 5.74) is 1.98. The Balaban J connectivity index is 1.52. The third-order valence-corrected chi connectivity index (χ3v) is 10.3. The van der Waals surface area contributed by atoms with E-state index in [0.29, 0.717) is 36.9 Å². The second-order valence-electron chi connectivity index (χ2n) is 14.3. The van der Waals surface area contributed by atoms with Crippen molar-refractivity contribution in [3.05, 3.63) is 90.5 Å². The van der Waals surface area contributed by atoms with Gasteiger partial charge in [0.2, 0.25) is 11.8 Å². The molecular weight excluding hydrogens is 634 g/mol. The number of aliphatic hydroxyl groups excluding tert-OH is 1. The molecule has 5 rings (SSSR count). The molecule has 0 aliphatic carbocycles. The number of likely N-dealkylation sites (tertiary alicyclic amines) is 1. The van der Waals surface area contributed by atoms with Crippen molar-refractivity contribution >= 4 is 29.4 Å². The van der Waals surface area contributed by atoms with Crippen molar-refractivity contribution in [1.82, 2.24) is 10.2 Å². The molecule has 2 aromatic rings. The molecule has 10 heteroatoms. The fourth-order valence-corrected chi connectivity index (χ4v) is 8.09. The lowest BCUT2D eigenvalue weighted by Gasteiger charge is -2.40. The number of esters is 1. The second kappa shape index (κ2) is 15.7. The molecule has 0 saturated carbocycles. The van der Waals surface area contributed by atoms with Crippen LogP contribution in [0.4, 0.5) is 5.69 Å². The molecule has 3 saturated heterocycles. The molecule has 50 heavy (non-hydrogen) atoms. The van der Waals surface area contributed by atoms with Gasteiger partial charge in [0.1, 0.15) is 17.7 Å². The van der Waals surface area contributed by atoms with Gasteiger partial charge in [-0.05, 0) is 68.2 Å². The van der Waals surface area contributed by atoms with Crippen molar-refractivity contribution in [2.24, 2.45) is 17.8 Å². The number of aryl methyl sites for hydroxylation is 2. The molecule has 0 unspecified atom stereocenters. The van der Waals surface area contributed by atoms with Crippen molar-refractivity contribution in [3.8, 4) is 0 Å². The van der Waals surface area contributed by atoms with Gasteiger partial charge in [-0.1, -0.05) is 68.5 Å². The molecule has 3 fully saturated rings. The van der Waals surface area contributed by atoms with Gasteiger partial charge in [0.15, 0.2) is 0 Å². The average molecular weight is 686 g/mol. The van der Waals surface area contributed by atoms with Gasteiger partial charge in [0.05, 0.1) is 37.1 Å². The Morgan fingerprint density at radius 3 is 2.54 bits per heavy atom. The fourth-order valence-electron chi connectivity index (χ4n) is 8.09. The van der Waals surface area contributed by atoms with Gasteiger partial charge in [-0.2, -0.15) is 0 Å². The maximum atomic E-state index is 15.0. The minimum Gasteiger partial charge on any atom is -0.455 e. The second-order valence-corrected chi connectivity index (χ2v) is 14.3. The van der Waals surface area contributed by atoms with E-state index in [4.69, 9.17) is 9.47 Å². The van der Waals surface area contributed by atoms with Crippen molar-refractivity contribution < 1.29 is 33.8 Å². The SMILES string of the molecule is C=CCCC(=O)NC[C@H](OC(=O)[C@@H]1[C@@H]2CC[C@]3(O2)[C@H](C(=O)N(CC=C)c2cc(C)ccc2C)N([C@@H](CO)CC(C)C)C(=O)[C@@H]13)c1ccccc1. The van der Waals surface area contributed by atoms with E-state index in [1.807, 2.05) is 76.2 Å². The molecule has 1 spiro atoms. The zero-order valence-corrected chi connectivity index (χ0v) is 29.7. The average Bonchev–Trinajstić information content (AvgIpc) is 3.75. The van der Waals surface area contributed by atoms with Crippen LogP contribution in [0, 0.1) is 31.6 Å². The molecular formula is C40H51N3O7. The van der Waals surface area contributed by atoms with Crippen LogP contribution in [-0.4, -0.2) is 77.2 Å². The van der Waals surface area contributed by atoms with Crippen LogP contribution >= 0.6 is 0 Å². The van der Waals surface area contributed by atoms with E-state index in [1.54, 1.807) is 17.1 Å². The number of anilines is 1. The Morgan fingerprint density at radius 2 is 1.88 bits per heavy atom. The largest absolute Gasteiger partial charge is 0.455 e. The Hall–Kier alpha value is -4.28. The number of ether oxygens (including phenoxy) is 2. The van der Waals surface area contributed by atoms with E-state index in [0.717, 1.165) is 11.1 Å². The number of carbonyl (C=O) groups is 4. The first kappa shape index (κ1) is 37.0. The molecule has 3 heterocycles. The van der Waals surface area contributed by atoms with Crippen LogP contribution in [-0.2, 0) is 28.7 Å². The van der Waals surface area contributed by atoms with E-state index < -0.39 is 47.7 Å². The predicted molar refractivity (Wildman–Crippen MR) is 191 cm³/mol. The highest BCUT2D eigenvalue weighted by Gasteiger charge is 2.75. The van der Waals surface area contributed by atoms with Gasteiger partial charge in [-0.3, -0.25) is 19.2 Å². The number of hydrogen-bond donors (Lipinski definition) is 2. The van der Waals surface area contributed by atoms with Crippen LogP contribution in [0.25, 0.3) is 0 Å². The number of fused-ring (bicyclic) bond motifs is 1. The van der Waals surface area contributed by atoms with Crippen LogP contribution in [0.3, 0.4) is 0 Å². The van der Waals surface area contributed by atoms with E-state index >= 15 is 4.79 Å². The molecule has 2 N–H and O–H groups in total. The normalized spacial score (nSPS) is 24.8. The quantitative estimate of drug-likeness (QED) is 0.189. The zero-order chi connectivity index (χ0) is 36.2. The van der Waals surface area contributed by atoms with Gasteiger partial charge < -0.3 is 29.7 Å². The molecule has 3 amide bonds. The number of carbonyl (C=O) groups excluding carboxylic acids is 4. The lowest BCUT2D eigenvalue weighted by molar-refractivity contribution is -0.161. The number of hydrogen-bond acceptors (Lipinski definition) is 7. The molecule has 268 valence electrons. The summed E-state index contributed by atoms with van der Waals surface area (Å²) in [6.45, 7) is 15.4. The summed E-state index contributed by atoms with van der Waals surface area (Å²) in [6.07, 6.45) is 3.99. The lowest BCUT2D eigenvalue weighted by Crippen LogP contribution is -2.59. The van der Waals surface area contributed by atoms with E-state index in [9.17, 15) is 19.5 Å². The first-order chi connectivity index (χ1) is 24.0. The molecule has 3 aliphatic rings. The Labute approximate surface area is 295 Å². The minimum absolute atomic E-state index is 0.0499. The molecule has 3 aliphatic heterocycles. The van der Waals surface area contributed by atoms with E-state index in [1.165, 1.54) is 4.90 Å². The summed E-state index contributed by atoms with van der Waals surface area (Å²) in [6, 6.07) is 13.3. The smallest absolute Gasteiger partial charge is 0.313 e. The van der Waals surface area contributed by atoms with Crippen LogP contribution in [0.2, 0.25) is 0 Å². The number of allylic oxidation sites excluding steroid dienone is 1. The molecule has 0 aromatic heterocycles. The zero-order valence-electron chi connectivity index (χ0n) is 29.7. The Morgan fingerprint density at radius 1 is 1.14 bits per heavy atom. The third-order valence-electron chi connectivity index (χ3n) is 10.3. The maximum absolute atomic E-state index is 15.0. The number of nitrogens with one attached hydrogen (secondary N) is 1. The minimum atomic E-state index is -1.29. The summed E-state index contributed by atoms with van der Waals surface area (Å²) in [5, 5.41) is 13.6. The number of benzene rings is 2. The van der Waals surface area contributed by atoms with Gasteiger partial charge >= 0.3 is 5.97 Å². The topological polar surface area (TPSA) is 125 Å². The summed E-state index contributed by atoms with van der Waals surface area (Å²) >= 11 is 0. The predicted octanol–water partition coefficient (Wildman–Crippen LogP) is 4.97. The summed E-state index contributed by atoms with van der Waals surface area (Å²) in [4.78, 5) is 59.7. The van der Waals surface area contributed by atoms with Crippen molar-refractivity contribution in [1.29, 1.82) is 0 Å². The summed E-state index contributed by atoms with van der Waals surface area (Å²) < 4.78 is 12.9. The Bertz CT molecular complexity index is 1590. The van der Waals surface area contributed by atoms with Crippen LogP contribution < -0.4 is 10.2 Å². The van der Waals surface area contributed by atoms with Crippen LogP contribution in [0.5, 0.6) is 0 Å². The van der Waals surface area contributed by atoms with Crippen LogP contribution in [0.15, 0.2) is 73.8 Å². The maximum Gasteiger partial charge on any atom is 0.313 e. The number of amides is 3. The number of nitrogens with zero attached hydrogens (tertiary/aromatic N) is 2. The van der Waals surface area contributed by atoms with E-state index in [2.05, 4.69) is 18.5 Å². The number of rotatable bonds is 16. The standard InChI is InChI=1S/C40H51N3O7/c1-7-9-15-33(45)41-23-32(28-13-11-10-12-14-28)49-39(48)34-31-18-19-40(50-31)35(34)37(46)43(29(24-44)21-25(3)4)36(40)38(47)42(20-8-2)30-22-26(5)16-17-27(30)6/h7-8,10-14,16-17,22,25,29,31-32,34-36,44H,1-2,9,15,18-21,23-24H2,3-6H3,(H,41,45)/t29-,31+,32+,34-,35-,36+,40-/m1/s1. The molecule has 2 bridgehead atoms. The van der Waals surface area contributed by atoms with E-state index in [-0.39, 0.29) is 49.8 Å².